The van der Waals surface area contributed by atoms with Gasteiger partial charge in [0.2, 0.25) is 10.7 Å². The van der Waals surface area contributed by atoms with E-state index in [0.29, 0.717) is 11.2 Å². The summed E-state index contributed by atoms with van der Waals surface area (Å²) in [6.07, 6.45) is -0.728. The van der Waals surface area contributed by atoms with E-state index in [1.54, 1.807) is 0 Å². The number of nitrogens with one attached hydrogen (secondary N) is 2. The predicted molar refractivity (Wildman–Crippen MR) is 78.1 cm³/mol. The van der Waals surface area contributed by atoms with Crippen LogP contribution < -0.4 is 10.2 Å². The SMILES string of the molecule is O=C(O)NCCCN(c1cc(F)cc(F)c1)c1nc(Br)n[nH]1. The van der Waals surface area contributed by atoms with Gasteiger partial charge in [-0.05, 0) is 34.5 Å². The molecule has 0 fully saturated rings. The number of hydrogen-bond donors (Lipinski definition) is 3. The maximum absolute atomic E-state index is 13.4. The molecule has 0 radical (unpaired) electrons. The first-order valence-corrected chi connectivity index (χ1v) is 7.03. The van der Waals surface area contributed by atoms with Crippen LogP contribution in [0.3, 0.4) is 0 Å². The number of aromatic nitrogens is 3. The number of carbonyl (C=O) groups is 1. The Hall–Kier alpha value is -2.23. The Kier molecular flexibility index (Phi) is 5.26. The maximum Gasteiger partial charge on any atom is 0.404 e. The van der Waals surface area contributed by atoms with Crippen LogP contribution in [0.15, 0.2) is 22.9 Å². The van der Waals surface area contributed by atoms with Crippen molar-refractivity contribution < 1.29 is 18.7 Å². The van der Waals surface area contributed by atoms with Crippen molar-refractivity contribution in [2.24, 2.45) is 0 Å². The third kappa shape index (κ3) is 4.38. The van der Waals surface area contributed by atoms with Gasteiger partial charge in [0, 0.05) is 24.8 Å². The zero-order chi connectivity index (χ0) is 16.1. The normalized spacial score (nSPS) is 10.5. The first-order chi connectivity index (χ1) is 10.5. The second-order valence-electron chi connectivity index (χ2n) is 4.29. The smallest absolute Gasteiger partial charge is 0.404 e. The highest BCUT2D eigenvalue weighted by Gasteiger charge is 2.15. The van der Waals surface area contributed by atoms with Gasteiger partial charge >= 0.3 is 6.09 Å². The molecule has 0 aliphatic rings. The number of anilines is 2. The second kappa shape index (κ2) is 7.16. The van der Waals surface area contributed by atoms with Crippen LogP contribution in [0, 0.1) is 11.6 Å². The van der Waals surface area contributed by atoms with Crippen LogP contribution in [0.25, 0.3) is 0 Å². The van der Waals surface area contributed by atoms with E-state index in [2.05, 4.69) is 36.4 Å². The fourth-order valence-corrected chi connectivity index (χ4v) is 2.10. The van der Waals surface area contributed by atoms with E-state index in [9.17, 15) is 13.6 Å². The summed E-state index contributed by atoms with van der Waals surface area (Å²) < 4.78 is 27.1. The van der Waals surface area contributed by atoms with Crippen LogP contribution >= 0.6 is 15.9 Å². The van der Waals surface area contributed by atoms with Crippen molar-refractivity contribution in [3.05, 3.63) is 34.6 Å². The Bertz CT molecular complexity index is 646. The van der Waals surface area contributed by atoms with E-state index < -0.39 is 17.7 Å². The molecular weight excluding hydrogens is 364 g/mol. The molecule has 1 aromatic carbocycles. The minimum absolute atomic E-state index is 0.193. The molecule has 2 rings (SSSR count). The first-order valence-electron chi connectivity index (χ1n) is 6.24. The van der Waals surface area contributed by atoms with Gasteiger partial charge in [-0.25, -0.2) is 18.7 Å². The van der Waals surface area contributed by atoms with Crippen LogP contribution in [0.5, 0.6) is 0 Å². The molecule has 0 saturated carbocycles. The molecule has 118 valence electrons. The molecule has 1 amide bonds. The maximum atomic E-state index is 13.4. The zero-order valence-corrected chi connectivity index (χ0v) is 12.8. The van der Waals surface area contributed by atoms with Gasteiger partial charge in [-0.2, -0.15) is 4.98 Å². The molecule has 7 nitrogen and oxygen atoms in total. The molecule has 0 spiro atoms. The largest absolute Gasteiger partial charge is 0.465 e. The lowest BCUT2D eigenvalue weighted by atomic mass is 10.2. The van der Waals surface area contributed by atoms with E-state index >= 15 is 0 Å². The van der Waals surface area contributed by atoms with E-state index in [4.69, 9.17) is 5.11 Å². The average Bonchev–Trinajstić information content (AvgIpc) is 2.83. The molecule has 0 aliphatic heterocycles. The lowest BCUT2D eigenvalue weighted by Gasteiger charge is -2.21. The number of H-pyrrole nitrogens is 1. The first kappa shape index (κ1) is 16.1. The molecule has 22 heavy (non-hydrogen) atoms. The fraction of sp³-hybridized carbons (Fsp3) is 0.250. The number of benzene rings is 1. The van der Waals surface area contributed by atoms with Crippen molar-refractivity contribution in [1.29, 1.82) is 0 Å². The van der Waals surface area contributed by atoms with Crippen LogP contribution in [-0.4, -0.2) is 39.5 Å². The van der Waals surface area contributed by atoms with Crippen LogP contribution in [0.4, 0.5) is 25.2 Å². The summed E-state index contributed by atoms with van der Waals surface area (Å²) in [6.45, 7) is 0.476. The summed E-state index contributed by atoms with van der Waals surface area (Å²) in [7, 11) is 0. The standard InChI is InChI=1S/C12H12BrF2N5O2/c13-10-17-11(19-18-10)20(3-1-2-16-12(21)22)9-5-7(14)4-8(15)6-9/h4-6,16H,1-3H2,(H,21,22)(H,17,18,19). The lowest BCUT2D eigenvalue weighted by molar-refractivity contribution is 0.194. The van der Waals surface area contributed by atoms with Gasteiger partial charge in [0.1, 0.15) is 11.6 Å². The minimum atomic E-state index is -1.13. The van der Waals surface area contributed by atoms with Gasteiger partial charge in [0.15, 0.2) is 0 Å². The lowest BCUT2D eigenvalue weighted by Crippen LogP contribution is -2.27. The third-order valence-electron chi connectivity index (χ3n) is 2.70. The van der Waals surface area contributed by atoms with Crippen LogP contribution in [-0.2, 0) is 0 Å². The molecule has 10 heteroatoms. The average molecular weight is 376 g/mol. The van der Waals surface area contributed by atoms with Crippen molar-refractivity contribution >= 4 is 33.7 Å². The molecule has 1 aromatic heterocycles. The monoisotopic (exact) mass is 375 g/mol. The van der Waals surface area contributed by atoms with Crippen molar-refractivity contribution in [2.45, 2.75) is 6.42 Å². The zero-order valence-electron chi connectivity index (χ0n) is 11.2. The summed E-state index contributed by atoms with van der Waals surface area (Å²) in [5, 5.41) is 17.2. The van der Waals surface area contributed by atoms with E-state index in [1.165, 1.54) is 4.90 Å². The highest BCUT2D eigenvalue weighted by molar-refractivity contribution is 9.10. The molecule has 0 bridgehead atoms. The highest BCUT2D eigenvalue weighted by atomic mass is 79.9. The van der Waals surface area contributed by atoms with E-state index in [1.807, 2.05) is 0 Å². The quantitative estimate of drug-likeness (QED) is 0.674. The van der Waals surface area contributed by atoms with Crippen molar-refractivity contribution in [1.82, 2.24) is 20.5 Å². The number of aromatic amines is 1. The number of hydrogen-bond acceptors (Lipinski definition) is 4. The Morgan fingerprint density at radius 2 is 2.05 bits per heavy atom. The van der Waals surface area contributed by atoms with Gasteiger partial charge in [0.25, 0.3) is 0 Å². The Morgan fingerprint density at radius 3 is 2.59 bits per heavy atom. The van der Waals surface area contributed by atoms with Gasteiger partial charge < -0.3 is 15.3 Å². The Morgan fingerprint density at radius 1 is 1.36 bits per heavy atom. The van der Waals surface area contributed by atoms with E-state index in [-0.39, 0.29) is 24.7 Å². The summed E-state index contributed by atoms with van der Waals surface area (Å²) in [5.74, 6) is -1.16. The number of amides is 1. The molecular formula is C12H12BrF2N5O2. The summed E-state index contributed by atoms with van der Waals surface area (Å²) in [6, 6.07) is 3.08. The molecule has 0 aliphatic carbocycles. The molecule has 1 heterocycles. The minimum Gasteiger partial charge on any atom is -0.465 e. The summed E-state index contributed by atoms with van der Waals surface area (Å²) in [5.41, 5.74) is 0.247. The fourth-order valence-electron chi connectivity index (χ4n) is 1.84. The van der Waals surface area contributed by atoms with Gasteiger partial charge in [-0.15, -0.1) is 5.10 Å². The molecule has 0 saturated heterocycles. The highest BCUT2D eigenvalue weighted by Crippen LogP contribution is 2.25. The predicted octanol–water partition coefficient (Wildman–Crippen LogP) is 2.64. The second-order valence-corrected chi connectivity index (χ2v) is 5.00. The molecule has 2 aromatic rings. The number of carboxylic acid groups (broad SMARTS) is 1. The van der Waals surface area contributed by atoms with E-state index in [0.717, 1.165) is 18.2 Å². The third-order valence-corrected chi connectivity index (χ3v) is 3.05. The van der Waals surface area contributed by atoms with Crippen molar-refractivity contribution in [2.75, 3.05) is 18.0 Å². The van der Waals surface area contributed by atoms with Gasteiger partial charge in [0.05, 0.1) is 0 Å². The van der Waals surface area contributed by atoms with Gasteiger partial charge in [-0.3, -0.25) is 0 Å². The number of halogens is 3. The summed E-state index contributed by atoms with van der Waals surface area (Å²) in [4.78, 5) is 16.0. The van der Waals surface area contributed by atoms with Crippen LogP contribution in [0.1, 0.15) is 6.42 Å². The van der Waals surface area contributed by atoms with Gasteiger partial charge in [-0.1, -0.05) is 0 Å². The number of nitrogens with zero attached hydrogens (tertiary/aromatic N) is 3. The Balaban J connectivity index is 2.19. The number of rotatable bonds is 6. The van der Waals surface area contributed by atoms with Crippen molar-refractivity contribution in [3.8, 4) is 0 Å². The Labute approximate surface area is 132 Å². The molecule has 0 unspecified atom stereocenters. The molecule has 0 atom stereocenters. The van der Waals surface area contributed by atoms with Crippen molar-refractivity contribution in [3.63, 3.8) is 0 Å². The topological polar surface area (TPSA) is 94.1 Å². The molecule has 3 N–H and O–H groups in total. The summed E-state index contributed by atoms with van der Waals surface area (Å²) >= 11 is 3.08. The van der Waals surface area contributed by atoms with Crippen LogP contribution in [0.2, 0.25) is 0 Å².